The molecule has 1 aromatic rings. The second-order valence-electron chi connectivity index (χ2n) is 6.26. The molecule has 1 heterocycles. The summed E-state index contributed by atoms with van der Waals surface area (Å²) in [6.07, 6.45) is 0. The fourth-order valence-electron chi connectivity index (χ4n) is 2.68. The van der Waals surface area contributed by atoms with Gasteiger partial charge in [0.25, 0.3) is 0 Å². The fourth-order valence-corrected chi connectivity index (χ4v) is 3.19. The van der Waals surface area contributed by atoms with Crippen LogP contribution in [0.1, 0.15) is 26.3 Å². The zero-order chi connectivity index (χ0) is 14.0. The van der Waals surface area contributed by atoms with Gasteiger partial charge in [-0.3, -0.25) is 4.90 Å². The van der Waals surface area contributed by atoms with Crippen molar-refractivity contribution in [3.63, 3.8) is 0 Å². The molecule has 0 aliphatic carbocycles. The van der Waals surface area contributed by atoms with Gasteiger partial charge in [-0.05, 0) is 17.5 Å². The highest BCUT2D eigenvalue weighted by Crippen LogP contribution is 2.30. The van der Waals surface area contributed by atoms with E-state index < -0.39 is 0 Å². The van der Waals surface area contributed by atoms with Crippen molar-refractivity contribution in [1.82, 2.24) is 10.2 Å². The van der Waals surface area contributed by atoms with E-state index in [1.807, 2.05) is 18.2 Å². The lowest BCUT2D eigenvalue weighted by atomic mass is 9.84. The van der Waals surface area contributed by atoms with Gasteiger partial charge in [0.15, 0.2) is 0 Å². The van der Waals surface area contributed by atoms with Crippen LogP contribution in [0.15, 0.2) is 18.2 Å². The molecule has 2 nitrogen and oxygen atoms in total. The van der Waals surface area contributed by atoms with Crippen LogP contribution >= 0.6 is 23.2 Å². The number of rotatable bonds is 2. The number of piperazine rings is 1. The van der Waals surface area contributed by atoms with Gasteiger partial charge in [0.05, 0.1) is 0 Å². The van der Waals surface area contributed by atoms with E-state index in [-0.39, 0.29) is 5.41 Å². The number of halogens is 2. The summed E-state index contributed by atoms with van der Waals surface area (Å²) in [5.41, 5.74) is 1.28. The van der Waals surface area contributed by atoms with Crippen molar-refractivity contribution in [2.45, 2.75) is 33.4 Å². The Hall–Kier alpha value is -0.280. The van der Waals surface area contributed by atoms with E-state index in [1.54, 1.807) is 0 Å². The van der Waals surface area contributed by atoms with Crippen molar-refractivity contribution in [1.29, 1.82) is 0 Å². The summed E-state index contributed by atoms with van der Waals surface area (Å²) in [6.45, 7) is 10.7. The molecular formula is C15H22Cl2N2. The largest absolute Gasteiger partial charge is 0.314 e. The molecule has 0 spiro atoms. The first-order valence-corrected chi connectivity index (χ1v) is 7.53. The lowest BCUT2D eigenvalue weighted by Gasteiger charge is -2.44. The summed E-state index contributed by atoms with van der Waals surface area (Å²) in [7, 11) is 0. The average molecular weight is 301 g/mol. The summed E-state index contributed by atoms with van der Waals surface area (Å²) in [5.74, 6) is 0. The lowest BCUT2D eigenvalue weighted by molar-refractivity contribution is 0.0689. The van der Waals surface area contributed by atoms with Gasteiger partial charge in [-0.1, -0.05) is 50.0 Å². The molecule has 1 unspecified atom stereocenters. The minimum absolute atomic E-state index is 0.237. The van der Waals surface area contributed by atoms with E-state index in [0.29, 0.717) is 6.04 Å². The van der Waals surface area contributed by atoms with Gasteiger partial charge in [0.2, 0.25) is 0 Å². The van der Waals surface area contributed by atoms with Crippen molar-refractivity contribution < 1.29 is 0 Å². The summed E-state index contributed by atoms with van der Waals surface area (Å²) < 4.78 is 0. The molecule has 1 fully saturated rings. The normalized spacial score (nSPS) is 21.6. The smallest absolute Gasteiger partial charge is 0.0465 e. The van der Waals surface area contributed by atoms with Crippen LogP contribution in [0.25, 0.3) is 0 Å². The van der Waals surface area contributed by atoms with Crippen LogP contribution in [-0.4, -0.2) is 30.6 Å². The van der Waals surface area contributed by atoms with Crippen molar-refractivity contribution >= 4 is 23.2 Å². The Labute approximate surface area is 126 Å². The summed E-state index contributed by atoms with van der Waals surface area (Å²) in [6, 6.07) is 6.22. The van der Waals surface area contributed by atoms with Gasteiger partial charge in [-0.2, -0.15) is 0 Å². The summed E-state index contributed by atoms with van der Waals surface area (Å²) >= 11 is 12.6. The lowest BCUT2D eigenvalue weighted by Crippen LogP contribution is -2.56. The van der Waals surface area contributed by atoms with Crippen molar-refractivity contribution in [2.75, 3.05) is 19.6 Å². The first-order valence-electron chi connectivity index (χ1n) is 6.77. The quantitative estimate of drug-likeness (QED) is 0.893. The molecule has 19 heavy (non-hydrogen) atoms. The van der Waals surface area contributed by atoms with E-state index in [9.17, 15) is 0 Å². The third kappa shape index (κ3) is 3.63. The maximum absolute atomic E-state index is 6.28. The molecule has 1 aromatic carbocycles. The molecule has 0 aromatic heterocycles. The standard InChI is InChI=1S/C15H22Cl2N2/c1-15(2,3)14-9-18-7-8-19(14)10-11-12(16)5-4-6-13(11)17/h4-6,14,18H,7-10H2,1-3H3. The molecule has 0 bridgehead atoms. The third-order valence-electron chi connectivity index (χ3n) is 3.78. The van der Waals surface area contributed by atoms with Crippen LogP contribution < -0.4 is 5.32 Å². The Balaban J connectivity index is 2.20. The Kier molecular flexibility index (Phi) is 4.78. The maximum Gasteiger partial charge on any atom is 0.0465 e. The zero-order valence-corrected chi connectivity index (χ0v) is 13.4. The number of hydrogen-bond acceptors (Lipinski definition) is 2. The van der Waals surface area contributed by atoms with Crippen molar-refractivity contribution in [2.24, 2.45) is 5.41 Å². The maximum atomic E-state index is 6.28. The van der Waals surface area contributed by atoms with Crippen LogP contribution in [0.4, 0.5) is 0 Å². The SMILES string of the molecule is CC(C)(C)C1CNCCN1Cc1c(Cl)cccc1Cl. The predicted molar refractivity (Wildman–Crippen MR) is 83.0 cm³/mol. The second kappa shape index (κ2) is 6.01. The third-order valence-corrected chi connectivity index (χ3v) is 4.49. The van der Waals surface area contributed by atoms with E-state index >= 15 is 0 Å². The highest BCUT2D eigenvalue weighted by atomic mass is 35.5. The highest BCUT2D eigenvalue weighted by molar-refractivity contribution is 6.35. The molecule has 1 atom stereocenters. The molecule has 1 N–H and O–H groups in total. The molecule has 0 radical (unpaired) electrons. The van der Waals surface area contributed by atoms with Crippen LogP contribution in [-0.2, 0) is 6.54 Å². The van der Waals surface area contributed by atoms with Crippen LogP contribution in [0.3, 0.4) is 0 Å². The van der Waals surface area contributed by atoms with Gasteiger partial charge < -0.3 is 5.32 Å². The monoisotopic (exact) mass is 300 g/mol. The van der Waals surface area contributed by atoms with Crippen LogP contribution in [0, 0.1) is 5.41 Å². The molecule has 0 saturated carbocycles. The van der Waals surface area contributed by atoms with Gasteiger partial charge in [0, 0.05) is 47.8 Å². The van der Waals surface area contributed by atoms with Crippen molar-refractivity contribution in [3.8, 4) is 0 Å². The Morgan fingerprint density at radius 1 is 1.26 bits per heavy atom. The summed E-state index contributed by atoms with van der Waals surface area (Å²) in [5, 5.41) is 5.00. The minimum Gasteiger partial charge on any atom is -0.314 e. The molecule has 106 valence electrons. The van der Waals surface area contributed by atoms with Crippen LogP contribution in [0.5, 0.6) is 0 Å². The van der Waals surface area contributed by atoms with E-state index in [1.165, 1.54) is 0 Å². The molecule has 1 aliphatic rings. The van der Waals surface area contributed by atoms with E-state index in [2.05, 4.69) is 31.0 Å². The fraction of sp³-hybridized carbons (Fsp3) is 0.600. The van der Waals surface area contributed by atoms with Crippen molar-refractivity contribution in [3.05, 3.63) is 33.8 Å². The summed E-state index contributed by atoms with van der Waals surface area (Å²) in [4.78, 5) is 2.49. The molecule has 1 aliphatic heterocycles. The first-order chi connectivity index (χ1) is 8.89. The number of benzene rings is 1. The van der Waals surface area contributed by atoms with E-state index in [4.69, 9.17) is 23.2 Å². The Morgan fingerprint density at radius 2 is 1.89 bits per heavy atom. The molecule has 1 saturated heterocycles. The van der Waals surface area contributed by atoms with Gasteiger partial charge >= 0.3 is 0 Å². The number of hydrogen-bond donors (Lipinski definition) is 1. The molecular weight excluding hydrogens is 279 g/mol. The number of nitrogens with one attached hydrogen (secondary N) is 1. The van der Waals surface area contributed by atoms with E-state index in [0.717, 1.165) is 41.8 Å². The Morgan fingerprint density at radius 3 is 2.47 bits per heavy atom. The Bertz CT molecular complexity index is 420. The minimum atomic E-state index is 0.237. The molecule has 2 rings (SSSR count). The van der Waals surface area contributed by atoms with Gasteiger partial charge in [-0.25, -0.2) is 0 Å². The number of nitrogens with zero attached hydrogens (tertiary/aromatic N) is 1. The second-order valence-corrected chi connectivity index (χ2v) is 7.07. The molecule has 4 heteroatoms. The highest BCUT2D eigenvalue weighted by Gasteiger charge is 2.32. The van der Waals surface area contributed by atoms with Gasteiger partial charge in [0.1, 0.15) is 0 Å². The first kappa shape index (κ1) is 15.1. The van der Waals surface area contributed by atoms with Crippen LogP contribution in [0.2, 0.25) is 10.0 Å². The average Bonchev–Trinajstić information content (AvgIpc) is 2.33. The topological polar surface area (TPSA) is 15.3 Å². The predicted octanol–water partition coefficient (Wildman–Crippen LogP) is 3.81. The zero-order valence-electron chi connectivity index (χ0n) is 11.8. The molecule has 0 amide bonds. The van der Waals surface area contributed by atoms with Gasteiger partial charge in [-0.15, -0.1) is 0 Å².